The topological polar surface area (TPSA) is 54.1 Å². The van der Waals surface area contributed by atoms with Crippen molar-refractivity contribution in [2.75, 3.05) is 13.7 Å². The fraction of sp³-hybridized carbons (Fsp3) is 0.615. The summed E-state index contributed by atoms with van der Waals surface area (Å²) < 4.78 is 4.64. The normalized spacial score (nSPS) is 11.5. The van der Waals surface area contributed by atoms with Gasteiger partial charge in [-0.05, 0) is 24.0 Å². The average Bonchev–Trinajstić information content (AvgIpc) is 2.76. The third-order valence-electron chi connectivity index (χ3n) is 3.03. The van der Waals surface area contributed by atoms with E-state index in [1.165, 1.54) is 7.11 Å². The first-order chi connectivity index (χ1) is 7.98. The van der Waals surface area contributed by atoms with E-state index in [1.54, 1.807) is 6.07 Å². The first-order valence-corrected chi connectivity index (χ1v) is 5.95. The van der Waals surface area contributed by atoms with Gasteiger partial charge in [0.2, 0.25) is 0 Å². The Hall–Kier alpha value is -1.29. The highest BCUT2D eigenvalue weighted by Crippen LogP contribution is 2.17. The van der Waals surface area contributed by atoms with Gasteiger partial charge >= 0.3 is 5.97 Å². The monoisotopic (exact) mass is 238 g/mol. The summed E-state index contributed by atoms with van der Waals surface area (Å²) >= 11 is 0. The van der Waals surface area contributed by atoms with Crippen molar-refractivity contribution in [1.82, 2.24) is 10.3 Å². The number of esters is 1. The van der Waals surface area contributed by atoms with Crippen molar-refractivity contribution < 1.29 is 9.53 Å². The lowest BCUT2D eigenvalue weighted by atomic mass is 9.90. The van der Waals surface area contributed by atoms with Crippen molar-refractivity contribution in [3.05, 3.63) is 23.5 Å². The SMILES string of the molecule is CCC(C)(C)CNCc1ccc(C(=O)OC)[nH]1. The van der Waals surface area contributed by atoms with E-state index in [0.717, 1.165) is 25.2 Å². The summed E-state index contributed by atoms with van der Waals surface area (Å²) in [6.45, 7) is 8.34. The highest BCUT2D eigenvalue weighted by molar-refractivity contribution is 5.87. The molecule has 0 aliphatic heterocycles. The largest absolute Gasteiger partial charge is 0.464 e. The number of aromatic nitrogens is 1. The Balaban J connectivity index is 2.43. The molecule has 0 aliphatic rings. The molecule has 0 saturated carbocycles. The average molecular weight is 238 g/mol. The molecule has 0 spiro atoms. The first-order valence-electron chi connectivity index (χ1n) is 5.95. The van der Waals surface area contributed by atoms with Crippen LogP contribution in [0.2, 0.25) is 0 Å². The minimum Gasteiger partial charge on any atom is -0.464 e. The molecule has 0 saturated heterocycles. The van der Waals surface area contributed by atoms with Crippen LogP contribution in [-0.2, 0) is 11.3 Å². The second-order valence-electron chi connectivity index (χ2n) is 5.01. The van der Waals surface area contributed by atoms with Crippen LogP contribution in [0.4, 0.5) is 0 Å². The maximum atomic E-state index is 11.2. The Morgan fingerprint density at radius 3 is 2.76 bits per heavy atom. The molecule has 17 heavy (non-hydrogen) atoms. The van der Waals surface area contributed by atoms with E-state index in [9.17, 15) is 4.79 Å². The van der Waals surface area contributed by atoms with Gasteiger partial charge < -0.3 is 15.0 Å². The highest BCUT2D eigenvalue weighted by atomic mass is 16.5. The van der Waals surface area contributed by atoms with Crippen molar-refractivity contribution in [2.45, 2.75) is 33.7 Å². The molecule has 1 rings (SSSR count). The van der Waals surface area contributed by atoms with E-state index >= 15 is 0 Å². The van der Waals surface area contributed by atoms with Gasteiger partial charge in [-0.15, -0.1) is 0 Å². The van der Waals surface area contributed by atoms with Gasteiger partial charge in [0.15, 0.2) is 0 Å². The number of rotatable bonds is 6. The zero-order valence-corrected chi connectivity index (χ0v) is 11.1. The lowest BCUT2D eigenvalue weighted by molar-refractivity contribution is 0.0594. The van der Waals surface area contributed by atoms with Crippen LogP contribution in [0.25, 0.3) is 0 Å². The molecular weight excluding hydrogens is 216 g/mol. The van der Waals surface area contributed by atoms with Crippen molar-refractivity contribution in [3.8, 4) is 0 Å². The van der Waals surface area contributed by atoms with E-state index in [4.69, 9.17) is 0 Å². The minimum atomic E-state index is -0.329. The molecule has 0 atom stereocenters. The maximum absolute atomic E-state index is 11.2. The standard InChI is InChI=1S/C13H22N2O2/c1-5-13(2,3)9-14-8-10-6-7-11(15-10)12(16)17-4/h6-7,14-15H,5,8-9H2,1-4H3. The summed E-state index contributed by atoms with van der Waals surface area (Å²) in [4.78, 5) is 14.3. The predicted molar refractivity (Wildman–Crippen MR) is 67.9 cm³/mol. The van der Waals surface area contributed by atoms with E-state index in [-0.39, 0.29) is 5.97 Å². The Morgan fingerprint density at radius 2 is 2.18 bits per heavy atom. The zero-order valence-electron chi connectivity index (χ0n) is 11.1. The van der Waals surface area contributed by atoms with E-state index in [1.807, 2.05) is 6.07 Å². The molecule has 0 fully saturated rings. The summed E-state index contributed by atoms with van der Waals surface area (Å²) in [6.07, 6.45) is 1.14. The van der Waals surface area contributed by atoms with Crippen LogP contribution in [0.5, 0.6) is 0 Å². The highest BCUT2D eigenvalue weighted by Gasteiger charge is 2.14. The number of methoxy groups -OCH3 is 1. The number of hydrogen-bond donors (Lipinski definition) is 2. The molecule has 2 N–H and O–H groups in total. The van der Waals surface area contributed by atoms with Crippen LogP contribution in [0.3, 0.4) is 0 Å². The predicted octanol–water partition coefficient (Wildman–Crippen LogP) is 2.33. The van der Waals surface area contributed by atoms with Crippen LogP contribution in [0.15, 0.2) is 12.1 Å². The quantitative estimate of drug-likeness (QED) is 0.748. The van der Waals surface area contributed by atoms with Crippen molar-refractivity contribution in [3.63, 3.8) is 0 Å². The molecule has 96 valence electrons. The Kier molecular flexibility index (Phi) is 4.75. The molecule has 0 aromatic carbocycles. The molecule has 0 unspecified atom stereocenters. The van der Waals surface area contributed by atoms with Gasteiger partial charge in [0, 0.05) is 18.8 Å². The molecular formula is C13H22N2O2. The molecule has 1 aromatic rings. The molecule has 1 heterocycles. The fourth-order valence-corrected chi connectivity index (χ4v) is 1.43. The number of aromatic amines is 1. The van der Waals surface area contributed by atoms with Gasteiger partial charge in [-0.3, -0.25) is 0 Å². The number of ether oxygens (including phenoxy) is 1. The van der Waals surface area contributed by atoms with E-state index in [2.05, 4.69) is 35.8 Å². The van der Waals surface area contributed by atoms with E-state index in [0.29, 0.717) is 11.1 Å². The Labute approximate surface area is 103 Å². The number of hydrogen-bond acceptors (Lipinski definition) is 3. The van der Waals surface area contributed by atoms with Gasteiger partial charge in [0.1, 0.15) is 5.69 Å². The smallest absolute Gasteiger partial charge is 0.354 e. The second-order valence-corrected chi connectivity index (χ2v) is 5.01. The first kappa shape index (κ1) is 13.8. The lowest BCUT2D eigenvalue weighted by Gasteiger charge is -2.22. The zero-order chi connectivity index (χ0) is 12.9. The number of carbonyl (C=O) groups excluding carboxylic acids is 1. The third-order valence-corrected chi connectivity index (χ3v) is 3.03. The van der Waals surface area contributed by atoms with Crippen LogP contribution in [-0.4, -0.2) is 24.6 Å². The summed E-state index contributed by atoms with van der Waals surface area (Å²) in [5.41, 5.74) is 1.80. The van der Waals surface area contributed by atoms with Crippen molar-refractivity contribution in [2.24, 2.45) is 5.41 Å². The summed E-state index contributed by atoms with van der Waals surface area (Å²) in [5, 5.41) is 3.38. The second kappa shape index (κ2) is 5.87. The maximum Gasteiger partial charge on any atom is 0.354 e. The molecule has 4 nitrogen and oxygen atoms in total. The summed E-state index contributed by atoms with van der Waals surface area (Å²) in [5.74, 6) is -0.329. The van der Waals surface area contributed by atoms with Crippen LogP contribution in [0.1, 0.15) is 43.4 Å². The number of carbonyl (C=O) groups is 1. The van der Waals surface area contributed by atoms with E-state index < -0.39 is 0 Å². The van der Waals surface area contributed by atoms with Crippen molar-refractivity contribution in [1.29, 1.82) is 0 Å². The van der Waals surface area contributed by atoms with Gasteiger partial charge in [-0.2, -0.15) is 0 Å². The van der Waals surface area contributed by atoms with Crippen molar-refractivity contribution >= 4 is 5.97 Å². The lowest BCUT2D eigenvalue weighted by Crippen LogP contribution is -2.28. The molecule has 4 heteroatoms. The number of H-pyrrole nitrogens is 1. The molecule has 0 amide bonds. The van der Waals surface area contributed by atoms with Crippen LogP contribution < -0.4 is 5.32 Å². The summed E-state index contributed by atoms with van der Waals surface area (Å²) in [6, 6.07) is 3.64. The van der Waals surface area contributed by atoms with Gasteiger partial charge in [0.25, 0.3) is 0 Å². The summed E-state index contributed by atoms with van der Waals surface area (Å²) in [7, 11) is 1.38. The van der Waals surface area contributed by atoms with Gasteiger partial charge in [-0.1, -0.05) is 20.8 Å². The van der Waals surface area contributed by atoms with Gasteiger partial charge in [0.05, 0.1) is 7.11 Å². The third kappa shape index (κ3) is 4.23. The molecule has 0 bridgehead atoms. The van der Waals surface area contributed by atoms with Crippen LogP contribution >= 0.6 is 0 Å². The van der Waals surface area contributed by atoms with Gasteiger partial charge in [-0.25, -0.2) is 4.79 Å². The Morgan fingerprint density at radius 1 is 1.47 bits per heavy atom. The van der Waals surface area contributed by atoms with Crippen LogP contribution in [0, 0.1) is 5.41 Å². The number of nitrogens with one attached hydrogen (secondary N) is 2. The fourth-order valence-electron chi connectivity index (χ4n) is 1.43. The molecule has 1 aromatic heterocycles. The Bertz CT molecular complexity index is 369. The minimum absolute atomic E-state index is 0.303. The molecule has 0 aliphatic carbocycles. The molecule has 0 radical (unpaired) electrons.